The van der Waals surface area contributed by atoms with Crippen molar-refractivity contribution in [3.63, 3.8) is 0 Å². The predicted octanol–water partition coefficient (Wildman–Crippen LogP) is 2.72. The van der Waals surface area contributed by atoms with Crippen LogP contribution in [-0.2, 0) is 21.4 Å². The first-order chi connectivity index (χ1) is 13.2. The van der Waals surface area contributed by atoms with Gasteiger partial charge in [0.25, 0.3) is 10.0 Å². The van der Waals surface area contributed by atoms with Crippen molar-refractivity contribution in [3.8, 4) is 0 Å². The molecule has 1 heterocycles. The van der Waals surface area contributed by atoms with Crippen molar-refractivity contribution in [1.29, 1.82) is 0 Å². The fourth-order valence-corrected chi connectivity index (χ4v) is 4.37. The van der Waals surface area contributed by atoms with Crippen LogP contribution in [0.2, 0.25) is 0 Å². The van der Waals surface area contributed by atoms with E-state index in [1.54, 1.807) is 30.1 Å². The molecule has 1 N–H and O–H groups in total. The number of aryl methyl sites for hydroxylation is 1. The Kier molecular flexibility index (Phi) is 5.56. The van der Waals surface area contributed by atoms with E-state index in [4.69, 9.17) is 0 Å². The van der Waals surface area contributed by atoms with Gasteiger partial charge in [-0.25, -0.2) is 8.42 Å². The summed E-state index contributed by atoms with van der Waals surface area (Å²) in [4.78, 5) is 19.4. The number of sulfonamides is 1. The molecule has 1 aliphatic rings. The summed E-state index contributed by atoms with van der Waals surface area (Å²) in [5.74, 6) is -0.00391. The quantitative estimate of drug-likeness (QED) is 0.840. The van der Waals surface area contributed by atoms with Crippen molar-refractivity contribution >= 4 is 21.8 Å². The number of hydrogen-bond acceptors (Lipinski definition) is 4. The molecular weight excluding hydrogens is 374 g/mol. The number of nitrogens with one attached hydrogen (secondary N) is 1. The molecule has 6 nitrogen and oxygen atoms in total. The van der Waals surface area contributed by atoms with E-state index >= 15 is 0 Å². The van der Waals surface area contributed by atoms with Gasteiger partial charge in [-0.3, -0.25) is 14.5 Å². The van der Waals surface area contributed by atoms with Crippen molar-refractivity contribution in [2.24, 2.45) is 10.9 Å². The lowest BCUT2D eigenvalue weighted by Crippen LogP contribution is -2.39. The normalized spacial score (nSPS) is 17.2. The Balaban J connectivity index is 1.87. The van der Waals surface area contributed by atoms with Gasteiger partial charge >= 0.3 is 0 Å². The molecular formula is C21H25N3O3S. The van der Waals surface area contributed by atoms with Crippen molar-refractivity contribution in [2.75, 3.05) is 7.05 Å². The molecule has 1 aliphatic heterocycles. The monoisotopic (exact) mass is 399 g/mol. The lowest BCUT2D eigenvalue weighted by atomic mass is 10.0. The lowest BCUT2D eigenvalue weighted by molar-refractivity contribution is -0.132. The van der Waals surface area contributed by atoms with Gasteiger partial charge in [0.05, 0.1) is 4.90 Å². The van der Waals surface area contributed by atoms with Crippen LogP contribution in [0, 0.1) is 12.8 Å². The summed E-state index contributed by atoms with van der Waals surface area (Å²) >= 11 is 0. The SMILES string of the molecule is Cc1ccc(CN(C)C(=O)[C@@H](N=C2NS(=O)(=O)c3ccccc32)C(C)C)cc1. The average Bonchev–Trinajstić information content (AvgIpc) is 2.91. The van der Waals surface area contributed by atoms with Crippen LogP contribution < -0.4 is 4.72 Å². The first-order valence-corrected chi connectivity index (χ1v) is 10.7. The smallest absolute Gasteiger partial charge is 0.263 e. The summed E-state index contributed by atoms with van der Waals surface area (Å²) in [5.41, 5.74) is 2.70. The van der Waals surface area contributed by atoms with Crippen molar-refractivity contribution in [2.45, 2.75) is 38.3 Å². The zero-order chi connectivity index (χ0) is 20.5. The Morgan fingerprint density at radius 3 is 2.39 bits per heavy atom. The van der Waals surface area contributed by atoms with E-state index in [0.29, 0.717) is 12.1 Å². The number of aliphatic imine (C=N–C) groups is 1. The third-order valence-corrected chi connectivity index (χ3v) is 6.13. The minimum atomic E-state index is -3.63. The second-order valence-electron chi connectivity index (χ2n) is 7.45. The maximum atomic E-state index is 13.1. The first-order valence-electron chi connectivity index (χ1n) is 9.19. The highest BCUT2D eigenvalue weighted by atomic mass is 32.2. The summed E-state index contributed by atoms with van der Waals surface area (Å²) in [6, 6.07) is 14.0. The van der Waals surface area contributed by atoms with Gasteiger partial charge in [-0.15, -0.1) is 0 Å². The molecule has 0 spiro atoms. The van der Waals surface area contributed by atoms with Gasteiger partial charge in [0.2, 0.25) is 5.91 Å². The van der Waals surface area contributed by atoms with Crippen LogP contribution in [0.5, 0.6) is 0 Å². The molecule has 28 heavy (non-hydrogen) atoms. The number of benzene rings is 2. The van der Waals surface area contributed by atoms with Gasteiger partial charge in [0.1, 0.15) is 11.9 Å². The van der Waals surface area contributed by atoms with Crippen LogP contribution in [0.25, 0.3) is 0 Å². The van der Waals surface area contributed by atoms with E-state index in [2.05, 4.69) is 9.71 Å². The molecule has 2 aromatic rings. The Morgan fingerprint density at radius 1 is 1.11 bits per heavy atom. The van der Waals surface area contributed by atoms with Gasteiger partial charge < -0.3 is 4.90 Å². The molecule has 1 amide bonds. The minimum Gasteiger partial charge on any atom is -0.340 e. The van der Waals surface area contributed by atoms with Gasteiger partial charge in [0.15, 0.2) is 0 Å². The molecule has 0 bridgehead atoms. The van der Waals surface area contributed by atoms with Crippen LogP contribution in [0.3, 0.4) is 0 Å². The number of carbonyl (C=O) groups excluding carboxylic acids is 1. The maximum Gasteiger partial charge on any atom is 0.263 e. The third-order valence-electron chi connectivity index (χ3n) is 4.73. The molecule has 0 unspecified atom stereocenters. The second kappa shape index (κ2) is 7.75. The van der Waals surface area contributed by atoms with Crippen LogP contribution in [0.4, 0.5) is 0 Å². The average molecular weight is 400 g/mol. The molecule has 3 rings (SSSR count). The van der Waals surface area contributed by atoms with Gasteiger partial charge in [-0.2, -0.15) is 0 Å². The summed E-state index contributed by atoms with van der Waals surface area (Å²) in [6.07, 6.45) is 0. The number of amides is 1. The summed E-state index contributed by atoms with van der Waals surface area (Å²) in [5, 5.41) is 0. The summed E-state index contributed by atoms with van der Waals surface area (Å²) in [6.45, 7) is 6.29. The van der Waals surface area contributed by atoms with E-state index in [9.17, 15) is 13.2 Å². The molecule has 0 fully saturated rings. The zero-order valence-electron chi connectivity index (χ0n) is 16.5. The summed E-state index contributed by atoms with van der Waals surface area (Å²) in [7, 11) is -1.89. The number of hydrogen-bond donors (Lipinski definition) is 1. The molecule has 7 heteroatoms. The number of likely N-dealkylation sites (N-methyl/N-ethyl adjacent to an activating group) is 1. The van der Waals surface area contributed by atoms with E-state index in [1.807, 2.05) is 45.0 Å². The highest BCUT2D eigenvalue weighted by molar-refractivity contribution is 7.90. The van der Waals surface area contributed by atoms with Crippen molar-refractivity contribution in [3.05, 3.63) is 65.2 Å². The summed E-state index contributed by atoms with van der Waals surface area (Å²) < 4.78 is 27.1. The highest BCUT2D eigenvalue weighted by Gasteiger charge is 2.33. The molecule has 1 atom stereocenters. The number of amidine groups is 1. The van der Waals surface area contributed by atoms with Gasteiger partial charge in [0, 0.05) is 19.2 Å². The van der Waals surface area contributed by atoms with Crippen LogP contribution in [0.1, 0.15) is 30.5 Å². The van der Waals surface area contributed by atoms with Gasteiger partial charge in [-0.05, 0) is 30.5 Å². The van der Waals surface area contributed by atoms with Gasteiger partial charge in [-0.1, -0.05) is 55.8 Å². The number of rotatable bonds is 5. The Morgan fingerprint density at radius 2 is 1.75 bits per heavy atom. The van der Waals surface area contributed by atoms with Crippen LogP contribution in [-0.4, -0.2) is 38.2 Å². The molecule has 0 aliphatic carbocycles. The highest BCUT2D eigenvalue weighted by Crippen LogP contribution is 2.24. The Hall–Kier alpha value is -2.67. The first kappa shape index (κ1) is 20.1. The lowest BCUT2D eigenvalue weighted by Gasteiger charge is -2.24. The van der Waals surface area contributed by atoms with Crippen molar-refractivity contribution < 1.29 is 13.2 Å². The Bertz CT molecular complexity index is 1010. The number of nitrogens with zero attached hydrogens (tertiary/aromatic N) is 2. The van der Waals surface area contributed by atoms with E-state index < -0.39 is 16.1 Å². The Labute approximate surface area is 166 Å². The maximum absolute atomic E-state index is 13.1. The van der Waals surface area contributed by atoms with Crippen LogP contribution >= 0.6 is 0 Å². The predicted molar refractivity (Wildman–Crippen MR) is 110 cm³/mol. The molecule has 0 saturated carbocycles. The largest absolute Gasteiger partial charge is 0.340 e. The van der Waals surface area contributed by atoms with E-state index in [1.165, 1.54) is 6.07 Å². The van der Waals surface area contributed by atoms with Crippen molar-refractivity contribution in [1.82, 2.24) is 9.62 Å². The molecule has 0 radical (unpaired) electrons. The topological polar surface area (TPSA) is 78.8 Å². The number of carbonyl (C=O) groups is 1. The molecule has 2 aromatic carbocycles. The third kappa shape index (κ3) is 4.09. The molecule has 0 saturated heterocycles. The minimum absolute atomic E-state index is 0.0854. The van der Waals surface area contributed by atoms with E-state index in [0.717, 1.165) is 11.1 Å². The standard InChI is InChI=1S/C21H25N3O3S/c1-14(2)19(21(25)24(4)13-16-11-9-15(3)10-12-16)22-20-17-7-5-6-8-18(17)28(26,27)23-20/h5-12,14,19H,13H2,1-4H3,(H,22,23)/t19-/m0/s1. The van der Waals surface area contributed by atoms with E-state index in [-0.39, 0.29) is 22.6 Å². The number of fused-ring (bicyclic) bond motifs is 1. The van der Waals surface area contributed by atoms with Crippen LogP contribution in [0.15, 0.2) is 58.4 Å². The molecule has 148 valence electrons. The fourth-order valence-electron chi connectivity index (χ4n) is 3.13. The zero-order valence-corrected chi connectivity index (χ0v) is 17.3. The molecule has 0 aromatic heterocycles. The second-order valence-corrected chi connectivity index (χ2v) is 9.10. The fraction of sp³-hybridized carbons (Fsp3) is 0.333.